The summed E-state index contributed by atoms with van der Waals surface area (Å²) in [6.45, 7) is 6.29. The average molecular weight is 994 g/mol. The molecule has 0 fully saturated rings. The van der Waals surface area contributed by atoms with Gasteiger partial charge in [-0.2, -0.15) is 0 Å². The zero-order valence-electron chi connectivity index (χ0n) is 46.1. The molecule has 0 aromatic heterocycles. The van der Waals surface area contributed by atoms with Crippen LogP contribution in [-0.2, 0) is 28.6 Å². The Hall–Kier alpha value is -4.71. The van der Waals surface area contributed by atoms with Crippen molar-refractivity contribution < 1.29 is 28.6 Å². The molecule has 1 atom stereocenters. The van der Waals surface area contributed by atoms with Crippen LogP contribution in [-0.4, -0.2) is 37.2 Å². The molecule has 0 saturated carbocycles. The van der Waals surface area contributed by atoms with E-state index in [1.807, 2.05) is 0 Å². The second-order valence-corrected chi connectivity index (χ2v) is 18.4. The zero-order chi connectivity index (χ0) is 52.2. The number of esters is 3. The number of hydrogen-bond donors (Lipinski definition) is 0. The Balaban J connectivity index is 4.29. The third-order valence-electron chi connectivity index (χ3n) is 11.6. The van der Waals surface area contributed by atoms with Gasteiger partial charge < -0.3 is 14.2 Å². The van der Waals surface area contributed by atoms with Gasteiger partial charge in [-0.1, -0.05) is 237 Å². The Morgan fingerprint density at radius 1 is 0.292 bits per heavy atom. The van der Waals surface area contributed by atoms with Gasteiger partial charge in [-0.25, -0.2) is 0 Å². The summed E-state index contributed by atoms with van der Waals surface area (Å²) in [5.41, 5.74) is 0. The van der Waals surface area contributed by atoms with E-state index in [1.54, 1.807) is 0 Å². The summed E-state index contributed by atoms with van der Waals surface area (Å²) in [7, 11) is 0. The average Bonchev–Trinajstić information content (AvgIpc) is 3.38. The molecule has 0 aromatic carbocycles. The fourth-order valence-electron chi connectivity index (χ4n) is 7.33. The number of carbonyl (C=O) groups excluding carboxylic acids is 3. The summed E-state index contributed by atoms with van der Waals surface area (Å²) in [4.78, 5) is 37.9. The smallest absolute Gasteiger partial charge is 0.306 e. The normalized spacial score (nSPS) is 13.2. The molecular formula is C66H104O6. The number of ether oxygens (including phenoxy) is 3. The third-order valence-corrected chi connectivity index (χ3v) is 11.6. The number of allylic oxidation sites excluding steroid dienone is 24. The fourth-order valence-corrected chi connectivity index (χ4v) is 7.33. The third kappa shape index (κ3) is 56.2. The molecular weight excluding hydrogens is 889 g/mol. The van der Waals surface area contributed by atoms with Crippen molar-refractivity contribution in [1.29, 1.82) is 0 Å². The Labute approximate surface area is 442 Å². The molecule has 0 aliphatic heterocycles. The summed E-state index contributed by atoms with van der Waals surface area (Å²) in [5.74, 6) is -0.972. The van der Waals surface area contributed by atoms with Crippen LogP contribution >= 0.6 is 0 Å². The second-order valence-electron chi connectivity index (χ2n) is 18.4. The fraction of sp³-hybridized carbons (Fsp3) is 0.591. The number of rotatable bonds is 50. The van der Waals surface area contributed by atoms with E-state index >= 15 is 0 Å². The van der Waals surface area contributed by atoms with E-state index in [4.69, 9.17) is 14.2 Å². The summed E-state index contributed by atoms with van der Waals surface area (Å²) in [5, 5.41) is 0. The van der Waals surface area contributed by atoms with Gasteiger partial charge in [0.1, 0.15) is 13.2 Å². The van der Waals surface area contributed by atoms with Crippen molar-refractivity contribution >= 4 is 17.9 Å². The lowest BCUT2D eigenvalue weighted by molar-refractivity contribution is -0.167. The van der Waals surface area contributed by atoms with Gasteiger partial charge in [0, 0.05) is 19.3 Å². The van der Waals surface area contributed by atoms with E-state index in [9.17, 15) is 14.4 Å². The molecule has 0 bridgehead atoms. The van der Waals surface area contributed by atoms with Gasteiger partial charge in [0.25, 0.3) is 0 Å². The van der Waals surface area contributed by atoms with Gasteiger partial charge >= 0.3 is 17.9 Å². The van der Waals surface area contributed by atoms with Crippen molar-refractivity contribution in [2.45, 2.75) is 239 Å². The molecule has 0 amide bonds. The molecule has 0 rings (SSSR count). The summed E-state index contributed by atoms with van der Waals surface area (Å²) < 4.78 is 16.7. The van der Waals surface area contributed by atoms with E-state index in [1.165, 1.54) is 51.4 Å². The van der Waals surface area contributed by atoms with Crippen molar-refractivity contribution in [3.05, 3.63) is 146 Å². The van der Waals surface area contributed by atoms with E-state index < -0.39 is 6.10 Å². The van der Waals surface area contributed by atoms with Gasteiger partial charge in [-0.15, -0.1) is 0 Å². The van der Waals surface area contributed by atoms with Crippen LogP contribution in [0.5, 0.6) is 0 Å². The lowest BCUT2D eigenvalue weighted by atomic mass is 10.1. The van der Waals surface area contributed by atoms with Crippen LogP contribution in [0.15, 0.2) is 146 Å². The first kappa shape index (κ1) is 67.3. The highest BCUT2D eigenvalue weighted by Gasteiger charge is 2.19. The lowest BCUT2D eigenvalue weighted by Crippen LogP contribution is -2.30. The Morgan fingerprint density at radius 3 is 0.875 bits per heavy atom. The lowest BCUT2D eigenvalue weighted by Gasteiger charge is -2.18. The first-order valence-electron chi connectivity index (χ1n) is 28.8. The maximum absolute atomic E-state index is 12.8. The van der Waals surface area contributed by atoms with Crippen LogP contribution in [0.2, 0.25) is 0 Å². The molecule has 0 saturated heterocycles. The van der Waals surface area contributed by atoms with Crippen LogP contribution < -0.4 is 0 Å². The predicted octanol–water partition coefficient (Wildman–Crippen LogP) is 19.6. The molecule has 6 nitrogen and oxygen atoms in total. The highest BCUT2D eigenvalue weighted by Crippen LogP contribution is 2.13. The maximum Gasteiger partial charge on any atom is 0.306 e. The number of carbonyl (C=O) groups is 3. The molecule has 0 N–H and O–H groups in total. The molecule has 0 aliphatic rings. The van der Waals surface area contributed by atoms with Gasteiger partial charge in [-0.05, 0) is 122 Å². The van der Waals surface area contributed by atoms with Crippen LogP contribution in [0.1, 0.15) is 233 Å². The van der Waals surface area contributed by atoms with Crippen molar-refractivity contribution in [1.82, 2.24) is 0 Å². The standard InChI is InChI=1S/C66H104O6/c1-4-7-10-13-16-18-20-22-24-26-28-30-31-32-33-34-35-37-38-40-42-44-46-48-50-53-56-59-65(68)71-62-63(61-70-64(67)58-55-52-15-12-9-6-3)72-66(69)60-57-54-51-49-47-45-43-41-39-36-29-27-25-23-21-19-17-14-11-8-5-2/h7-8,10-11,16-19,22-25,28-30,32-33,35-37,40,42,46,48,63H,4-6,9,12-15,20-21,26-27,31,34,38-39,41,43-45,47,49-62H2,1-3H3/b10-7-,11-8-,18-16-,19-17-,24-22-,25-23-,30-28-,33-32-,36-29-,37-35-,42-40-,48-46-. The monoisotopic (exact) mass is 993 g/mol. The summed E-state index contributed by atoms with van der Waals surface area (Å²) in [6.07, 6.45) is 84.4. The van der Waals surface area contributed by atoms with E-state index in [0.29, 0.717) is 25.7 Å². The van der Waals surface area contributed by atoms with Crippen LogP contribution in [0.4, 0.5) is 0 Å². The maximum atomic E-state index is 12.8. The summed E-state index contributed by atoms with van der Waals surface area (Å²) >= 11 is 0. The first-order chi connectivity index (χ1) is 35.5. The molecule has 1 unspecified atom stereocenters. The molecule has 0 aliphatic carbocycles. The zero-order valence-corrected chi connectivity index (χ0v) is 46.1. The molecule has 0 radical (unpaired) electrons. The van der Waals surface area contributed by atoms with Crippen molar-refractivity contribution in [3.63, 3.8) is 0 Å². The number of hydrogen-bond acceptors (Lipinski definition) is 6. The highest BCUT2D eigenvalue weighted by atomic mass is 16.6. The topological polar surface area (TPSA) is 78.9 Å². The van der Waals surface area contributed by atoms with Gasteiger partial charge in [0.05, 0.1) is 0 Å². The van der Waals surface area contributed by atoms with Crippen molar-refractivity contribution in [2.75, 3.05) is 13.2 Å². The predicted molar refractivity (Wildman–Crippen MR) is 311 cm³/mol. The van der Waals surface area contributed by atoms with Gasteiger partial charge in [0.15, 0.2) is 6.10 Å². The molecule has 0 spiro atoms. The largest absolute Gasteiger partial charge is 0.462 e. The molecule has 72 heavy (non-hydrogen) atoms. The van der Waals surface area contributed by atoms with E-state index in [0.717, 1.165) is 135 Å². The summed E-state index contributed by atoms with van der Waals surface area (Å²) in [6, 6.07) is 0. The molecule has 6 heteroatoms. The van der Waals surface area contributed by atoms with Crippen LogP contribution in [0, 0.1) is 0 Å². The van der Waals surface area contributed by atoms with Gasteiger partial charge in [0.2, 0.25) is 0 Å². The van der Waals surface area contributed by atoms with Crippen molar-refractivity contribution in [2.24, 2.45) is 0 Å². The Morgan fingerprint density at radius 2 is 0.542 bits per heavy atom. The molecule has 0 aromatic rings. The SMILES string of the molecule is CC/C=C\C/C=C\C/C=C\C/C=C\C/C=C\C/C=C\C/C=C\C/C=C\CCCCC(=O)OCC(COC(=O)CCCCCCCC)OC(=O)CCCCCCCCCC/C=C\C/C=C\C/C=C\C/C=C\CC. The number of unbranched alkanes of at least 4 members (excludes halogenated alkanes) is 15. The van der Waals surface area contributed by atoms with E-state index in [2.05, 4.69) is 167 Å². The minimum atomic E-state index is -0.804. The van der Waals surface area contributed by atoms with Crippen LogP contribution in [0.3, 0.4) is 0 Å². The Bertz CT molecular complexity index is 1610. The minimum absolute atomic E-state index is 0.101. The molecule has 404 valence electrons. The van der Waals surface area contributed by atoms with Crippen LogP contribution in [0.25, 0.3) is 0 Å². The first-order valence-corrected chi connectivity index (χ1v) is 28.8. The minimum Gasteiger partial charge on any atom is -0.462 e. The Kier molecular flexibility index (Phi) is 55.0. The second kappa shape index (κ2) is 58.9. The highest BCUT2D eigenvalue weighted by molar-refractivity contribution is 5.71. The van der Waals surface area contributed by atoms with Gasteiger partial charge in [-0.3, -0.25) is 14.4 Å². The van der Waals surface area contributed by atoms with Crippen molar-refractivity contribution in [3.8, 4) is 0 Å². The van der Waals surface area contributed by atoms with E-state index in [-0.39, 0.29) is 31.1 Å². The quantitative estimate of drug-likeness (QED) is 0.0261. The molecule has 0 heterocycles.